The van der Waals surface area contributed by atoms with Crippen LogP contribution in [0.15, 0.2) is 30.5 Å². The maximum absolute atomic E-state index is 8.36. The summed E-state index contributed by atoms with van der Waals surface area (Å²) >= 11 is 6.23. The standard InChI is InChI=1S/C21H26ClN3.CH2O2/c1-14-19(22)6-3-7-20(14)25-21-10-18(16-8-9-16)17(13-24-21)12-23-11-15-4-2-5-15;2-1-3/h3,6-7,10,13,15-16,23H,2,4-5,8-9,11-12H2,1H3,(H,24,25);1H,(H,2,3). The highest BCUT2D eigenvalue weighted by molar-refractivity contribution is 6.31. The first-order chi connectivity index (χ1) is 13.6. The summed E-state index contributed by atoms with van der Waals surface area (Å²) in [6.07, 6.45) is 8.84. The van der Waals surface area contributed by atoms with Gasteiger partial charge in [-0.05, 0) is 85.9 Å². The number of carbonyl (C=O) groups is 1. The fourth-order valence-electron chi connectivity index (χ4n) is 3.48. The van der Waals surface area contributed by atoms with Gasteiger partial charge in [0.1, 0.15) is 5.82 Å². The molecule has 0 radical (unpaired) electrons. The maximum atomic E-state index is 8.36. The average Bonchev–Trinajstić information content (AvgIpc) is 3.48. The lowest BCUT2D eigenvalue weighted by Gasteiger charge is -2.25. The zero-order chi connectivity index (χ0) is 19.9. The Hall–Kier alpha value is -2.11. The minimum Gasteiger partial charge on any atom is -0.483 e. The van der Waals surface area contributed by atoms with Crippen molar-refractivity contribution in [1.29, 1.82) is 0 Å². The molecule has 150 valence electrons. The maximum Gasteiger partial charge on any atom is 0.290 e. The predicted molar refractivity (Wildman–Crippen MR) is 113 cm³/mol. The number of nitrogens with one attached hydrogen (secondary N) is 2. The summed E-state index contributed by atoms with van der Waals surface area (Å²) in [5.41, 5.74) is 4.90. The van der Waals surface area contributed by atoms with Gasteiger partial charge < -0.3 is 15.7 Å². The van der Waals surface area contributed by atoms with Crippen LogP contribution in [-0.2, 0) is 11.3 Å². The lowest BCUT2D eigenvalue weighted by Crippen LogP contribution is -2.27. The number of benzene rings is 1. The first-order valence-corrected chi connectivity index (χ1v) is 10.3. The van der Waals surface area contributed by atoms with Crippen LogP contribution in [0.1, 0.15) is 54.7 Å². The molecule has 5 nitrogen and oxygen atoms in total. The fraction of sp³-hybridized carbons (Fsp3) is 0.455. The summed E-state index contributed by atoms with van der Waals surface area (Å²) < 4.78 is 0. The lowest BCUT2D eigenvalue weighted by atomic mass is 9.85. The van der Waals surface area contributed by atoms with Crippen LogP contribution in [0, 0.1) is 12.8 Å². The summed E-state index contributed by atoms with van der Waals surface area (Å²) in [5, 5.41) is 14.7. The normalized spacial score (nSPS) is 15.9. The van der Waals surface area contributed by atoms with Crippen LogP contribution in [-0.4, -0.2) is 23.1 Å². The quantitative estimate of drug-likeness (QED) is 0.552. The van der Waals surface area contributed by atoms with Crippen molar-refractivity contribution in [2.24, 2.45) is 5.92 Å². The average molecular weight is 402 g/mol. The van der Waals surface area contributed by atoms with E-state index in [0.29, 0.717) is 5.92 Å². The molecule has 0 amide bonds. The minimum atomic E-state index is -0.250. The third kappa shape index (κ3) is 5.46. The number of halogens is 1. The molecule has 0 atom stereocenters. The Morgan fingerprint density at radius 1 is 1.29 bits per heavy atom. The monoisotopic (exact) mass is 401 g/mol. The molecule has 2 aromatic rings. The Balaban J connectivity index is 0.000000706. The van der Waals surface area contributed by atoms with Crippen LogP contribution < -0.4 is 10.6 Å². The lowest BCUT2D eigenvalue weighted by molar-refractivity contribution is -0.122. The molecule has 2 aliphatic carbocycles. The number of anilines is 2. The van der Waals surface area contributed by atoms with Gasteiger partial charge in [0.25, 0.3) is 6.47 Å². The molecule has 0 bridgehead atoms. The topological polar surface area (TPSA) is 74.2 Å². The molecule has 1 heterocycles. The van der Waals surface area contributed by atoms with Gasteiger partial charge in [0.2, 0.25) is 0 Å². The summed E-state index contributed by atoms with van der Waals surface area (Å²) in [6, 6.07) is 8.17. The van der Waals surface area contributed by atoms with Gasteiger partial charge in [0.15, 0.2) is 0 Å². The SMILES string of the molecule is Cc1c(Cl)cccc1Nc1cc(C2CC2)c(CNCC2CCC2)cn1.O=CO. The summed E-state index contributed by atoms with van der Waals surface area (Å²) in [6.45, 7) is 3.86. The van der Waals surface area contributed by atoms with Crippen LogP contribution >= 0.6 is 11.6 Å². The van der Waals surface area contributed by atoms with Crippen molar-refractivity contribution >= 4 is 29.6 Å². The fourth-order valence-corrected chi connectivity index (χ4v) is 3.65. The number of aromatic nitrogens is 1. The number of rotatable bonds is 7. The smallest absolute Gasteiger partial charge is 0.290 e. The number of hydrogen-bond donors (Lipinski definition) is 3. The van der Waals surface area contributed by atoms with Gasteiger partial charge in [0, 0.05) is 23.5 Å². The van der Waals surface area contributed by atoms with E-state index in [1.165, 1.54) is 43.2 Å². The van der Waals surface area contributed by atoms with Gasteiger partial charge >= 0.3 is 0 Å². The molecule has 0 aliphatic heterocycles. The highest BCUT2D eigenvalue weighted by atomic mass is 35.5. The van der Waals surface area contributed by atoms with Crippen LogP contribution in [0.5, 0.6) is 0 Å². The van der Waals surface area contributed by atoms with Gasteiger partial charge in [-0.2, -0.15) is 0 Å². The zero-order valence-electron chi connectivity index (χ0n) is 16.2. The molecule has 0 spiro atoms. The zero-order valence-corrected chi connectivity index (χ0v) is 17.0. The highest BCUT2D eigenvalue weighted by Crippen LogP contribution is 2.42. The number of nitrogens with zero attached hydrogens (tertiary/aromatic N) is 1. The molecular weight excluding hydrogens is 374 g/mol. The van der Waals surface area contributed by atoms with E-state index in [0.717, 1.165) is 41.1 Å². The van der Waals surface area contributed by atoms with Crippen LogP contribution in [0.25, 0.3) is 0 Å². The van der Waals surface area contributed by atoms with Crippen molar-refractivity contribution in [2.75, 3.05) is 11.9 Å². The molecule has 2 aliphatic rings. The Bertz CT molecular complexity index is 804. The summed E-state index contributed by atoms with van der Waals surface area (Å²) in [4.78, 5) is 13.0. The molecular formula is C22H28ClN3O2. The Morgan fingerprint density at radius 2 is 2.04 bits per heavy atom. The van der Waals surface area contributed by atoms with E-state index in [4.69, 9.17) is 21.5 Å². The van der Waals surface area contributed by atoms with Crippen LogP contribution in [0.4, 0.5) is 11.5 Å². The molecule has 0 unspecified atom stereocenters. The second kappa shape index (κ2) is 9.89. The van der Waals surface area contributed by atoms with E-state index in [1.807, 2.05) is 31.3 Å². The molecule has 1 aromatic carbocycles. The molecule has 2 fully saturated rings. The Morgan fingerprint density at radius 3 is 2.68 bits per heavy atom. The van der Waals surface area contributed by atoms with Crippen molar-refractivity contribution in [2.45, 2.75) is 51.5 Å². The van der Waals surface area contributed by atoms with Gasteiger partial charge in [0.05, 0.1) is 0 Å². The van der Waals surface area contributed by atoms with E-state index >= 15 is 0 Å². The Kier molecular flexibility index (Phi) is 7.29. The van der Waals surface area contributed by atoms with Gasteiger partial charge in [-0.3, -0.25) is 4.79 Å². The molecule has 6 heteroatoms. The van der Waals surface area contributed by atoms with Crippen molar-refractivity contribution < 1.29 is 9.90 Å². The van der Waals surface area contributed by atoms with Gasteiger partial charge in [-0.1, -0.05) is 24.1 Å². The van der Waals surface area contributed by atoms with Crippen molar-refractivity contribution in [3.63, 3.8) is 0 Å². The van der Waals surface area contributed by atoms with Crippen molar-refractivity contribution in [1.82, 2.24) is 10.3 Å². The predicted octanol–water partition coefficient (Wildman–Crippen LogP) is 5.25. The largest absolute Gasteiger partial charge is 0.483 e. The van der Waals surface area contributed by atoms with Crippen molar-refractivity contribution in [3.05, 3.63) is 52.2 Å². The second-order valence-electron chi connectivity index (χ2n) is 7.61. The minimum absolute atomic E-state index is 0.250. The number of carboxylic acid groups (broad SMARTS) is 1. The van der Waals surface area contributed by atoms with Crippen LogP contribution in [0.2, 0.25) is 5.02 Å². The second-order valence-corrected chi connectivity index (χ2v) is 8.02. The first-order valence-electron chi connectivity index (χ1n) is 9.92. The van der Waals surface area contributed by atoms with E-state index in [1.54, 1.807) is 0 Å². The molecule has 2 saturated carbocycles. The van der Waals surface area contributed by atoms with Crippen LogP contribution in [0.3, 0.4) is 0 Å². The highest BCUT2D eigenvalue weighted by Gasteiger charge is 2.27. The summed E-state index contributed by atoms with van der Waals surface area (Å²) in [5.74, 6) is 2.52. The van der Waals surface area contributed by atoms with Gasteiger partial charge in [-0.15, -0.1) is 0 Å². The van der Waals surface area contributed by atoms with E-state index in [9.17, 15) is 0 Å². The molecule has 0 saturated heterocycles. The molecule has 3 N–H and O–H groups in total. The number of hydrogen-bond acceptors (Lipinski definition) is 4. The molecule has 1 aromatic heterocycles. The van der Waals surface area contributed by atoms with E-state index in [-0.39, 0.29) is 6.47 Å². The van der Waals surface area contributed by atoms with Crippen molar-refractivity contribution in [3.8, 4) is 0 Å². The third-order valence-electron chi connectivity index (χ3n) is 5.54. The number of pyridine rings is 1. The first kappa shape index (κ1) is 20.6. The molecule has 4 rings (SSSR count). The van der Waals surface area contributed by atoms with E-state index < -0.39 is 0 Å². The third-order valence-corrected chi connectivity index (χ3v) is 5.95. The van der Waals surface area contributed by atoms with Gasteiger partial charge in [-0.25, -0.2) is 4.98 Å². The Labute approximate surface area is 171 Å². The summed E-state index contributed by atoms with van der Waals surface area (Å²) in [7, 11) is 0. The van der Waals surface area contributed by atoms with E-state index in [2.05, 4.69) is 21.7 Å². The molecule has 28 heavy (non-hydrogen) atoms.